The molecule has 1 fully saturated rings. The van der Waals surface area contributed by atoms with Crippen LogP contribution in [0, 0.1) is 0 Å². The van der Waals surface area contributed by atoms with Gasteiger partial charge in [0.05, 0.1) is 19.3 Å². The first-order valence-corrected chi connectivity index (χ1v) is 9.57. The summed E-state index contributed by atoms with van der Waals surface area (Å²) in [5, 5.41) is 0.201. The molecule has 7 nitrogen and oxygen atoms in total. The van der Waals surface area contributed by atoms with Gasteiger partial charge in [-0.25, -0.2) is 4.98 Å². The van der Waals surface area contributed by atoms with E-state index >= 15 is 0 Å². The van der Waals surface area contributed by atoms with Gasteiger partial charge in [-0.05, 0) is 25.5 Å². The summed E-state index contributed by atoms with van der Waals surface area (Å²) in [6, 6.07) is 2.36. The molecule has 1 saturated heterocycles. The first-order valence-electron chi connectivity index (χ1n) is 9.19. The molecule has 0 spiro atoms. The predicted molar refractivity (Wildman–Crippen MR) is 102 cm³/mol. The molecule has 2 aromatic heterocycles. The standard InChI is InChI=1S/C18H19ClF3N5O2/c1-11-10-29-7-6-25(11)15-9-16(28)27-13(18(20,21)22)3-5-26(17(27)24-15)12-2-4-23-14(19)8-12/h2,4,8-9,11,13H,3,5-7,10H2,1H3. The topological polar surface area (TPSA) is 63.5 Å². The Morgan fingerprint density at radius 2 is 2.07 bits per heavy atom. The fourth-order valence-corrected chi connectivity index (χ4v) is 3.93. The summed E-state index contributed by atoms with van der Waals surface area (Å²) in [7, 11) is 0. The van der Waals surface area contributed by atoms with E-state index in [1.807, 2.05) is 11.8 Å². The zero-order chi connectivity index (χ0) is 20.8. The van der Waals surface area contributed by atoms with Crippen molar-refractivity contribution in [2.75, 3.05) is 36.1 Å². The van der Waals surface area contributed by atoms with Crippen molar-refractivity contribution in [2.45, 2.75) is 31.6 Å². The van der Waals surface area contributed by atoms with Crippen molar-refractivity contribution >= 4 is 29.1 Å². The minimum atomic E-state index is -4.56. The summed E-state index contributed by atoms with van der Waals surface area (Å²) >= 11 is 5.97. The minimum Gasteiger partial charge on any atom is -0.377 e. The van der Waals surface area contributed by atoms with Gasteiger partial charge in [-0.2, -0.15) is 18.2 Å². The lowest BCUT2D eigenvalue weighted by Crippen LogP contribution is -2.47. The highest BCUT2D eigenvalue weighted by Crippen LogP contribution is 2.40. The minimum absolute atomic E-state index is 0.0408. The maximum absolute atomic E-state index is 13.6. The van der Waals surface area contributed by atoms with Crippen molar-refractivity contribution in [3.63, 3.8) is 0 Å². The second kappa shape index (κ2) is 7.49. The molecule has 29 heavy (non-hydrogen) atoms. The number of anilines is 3. The van der Waals surface area contributed by atoms with Crippen LogP contribution >= 0.6 is 11.6 Å². The average Bonchev–Trinajstić information content (AvgIpc) is 2.66. The van der Waals surface area contributed by atoms with E-state index in [2.05, 4.69) is 9.97 Å². The van der Waals surface area contributed by atoms with Crippen molar-refractivity contribution < 1.29 is 17.9 Å². The first-order chi connectivity index (χ1) is 13.8. The summed E-state index contributed by atoms with van der Waals surface area (Å²) in [5.74, 6) is 0.284. The Morgan fingerprint density at radius 1 is 1.28 bits per heavy atom. The number of morpholine rings is 1. The molecule has 2 aromatic rings. The molecule has 0 N–H and O–H groups in total. The number of hydrogen-bond donors (Lipinski definition) is 0. The maximum Gasteiger partial charge on any atom is 0.409 e. The molecule has 0 aromatic carbocycles. The molecule has 4 rings (SSSR count). The van der Waals surface area contributed by atoms with Crippen LogP contribution in [0.4, 0.5) is 30.6 Å². The van der Waals surface area contributed by atoms with Gasteiger partial charge in [-0.1, -0.05) is 11.6 Å². The molecular weight excluding hydrogens is 411 g/mol. The van der Waals surface area contributed by atoms with Crippen LogP contribution in [0.2, 0.25) is 5.15 Å². The van der Waals surface area contributed by atoms with E-state index < -0.39 is 17.8 Å². The van der Waals surface area contributed by atoms with E-state index in [0.29, 0.717) is 31.3 Å². The van der Waals surface area contributed by atoms with Gasteiger partial charge in [0, 0.05) is 31.0 Å². The van der Waals surface area contributed by atoms with Gasteiger partial charge >= 0.3 is 6.18 Å². The van der Waals surface area contributed by atoms with Gasteiger partial charge in [0.15, 0.2) is 0 Å². The van der Waals surface area contributed by atoms with Crippen molar-refractivity contribution in [1.82, 2.24) is 14.5 Å². The summed E-state index contributed by atoms with van der Waals surface area (Å²) in [4.78, 5) is 24.7. The van der Waals surface area contributed by atoms with Gasteiger partial charge < -0.3 is 14.5 Å². The first kappa shape index (κ1) is 20.0. The smallest absolute Gasteiger partial charge is 0.377 e. The number of aromatic nitrogens is 3. The van der Waals surface area contributed by atoms with E-state index in [0.717, 1.165) is 4.57 Å². The van der Waals surface area contributed by atoms with E-state index in [4.69, 9.17) is 16.3 Å². The van der Waals surface area contributed by atoms with Crippen LogP contribution < -0.4 is 15.4 Å². The number of rotatable bonds is 2. The van der Waals surface area contributed by atoms with Crippen LogP contribution in [-0.4, -0.2) is 53.1 Å². The lowest BCUT2D eigenvalue weighted by molar-refractivity contribution is -0.170. The second-order valence-electron chi connectivity index (χ2n) is 7.07. The predicted octanol–water partition coefficient (Wildman–Crippen LogP) is 3.16. The lowest BCUT2D eigenvalue weighted by Gasteiger charge is -2.39. The maximum atomic E-state index is 13.6. The summed E-state index contributed by atoms with van der Waals surface area (Å²) in [6.45, 7) is 3.37. The number of ether oxygens (including phenoxy) is 1. The van der Waals surface area contributed by atoms with Gasteiger partial charge in [0.25, 0.3) is 5.56 Å². The Bertz CT molecular complexity index is 967. The zero-order valence-electron chi connectivity index (χ0n) is 15.6. The van der Waals surface area contributed by atoms with Gasteiger partial charge in [-0.3, -0.25) is 9.36 Å². The lowest BCUT2D eigenvalue weighted by atomic mass is 10.1. The SMILES string of the molecule is CC1COCCN1c1cc(=O)n2c(n1)N(c1ccnc(Cl)c1)CCC2C(F)(F)F. The van der Waals surface area contributed by atoms with Crippen molar-refractivity contribution in [3.05, 3.63) is 39.9 Å². The molecule has 0 bridgehead atoms. The van der Waals surface area contributed by atoms with Crippen LogP contribution in [0.1, 0.15) is 19.4 Å². The fourth-order valence-electron chi connectivity index (χ4n) is 3.76. The van der Waals surface area contributed by atoms with Crippen LogP contribution in [0.3, 0.4) is 0 Å². The molecule has 0 amide bonds. The van der Waals surface area contributed by atoms with Crippen LogP contribution in [-0.2, 0) is 4.74 Å². The Balaban J connectivity index is 1.87. The zero-order valence-corrected chi connectivity index (χ0v) is 16.3. The third kappa shape index (κ3) is 3.78. The molecule has 2 aliphatic rings. The van der Waals surface area contributed by atoms with E-state index in [9.17, 15) is 18.0 Å². The number of halogens is 4. The Morgan fingerprint density at radius 3 is 2.76 bits per heavy atom. The number of nitrogens with zero attached hydrogens (tertiary/aromatic N) is 5. The third-order valence-electron chi connectivity index (χ3n) is 5.16. The van der Waals surface area contributed by atoms with Crippen molar-refractivity contribution in [3.8, 4) is 0 Å². The molecule has 2 aliphatic heterocycles. The van der Waals surface area contributed by atoms with Gasteiger partial charge in [0.1, 0.15) is 17.0 Å². The Labute approximate surface area is 169 Å². The van der Waals surface area contributed by atoms with Crippen LogP contribution in [0.15, 0.2) is 29.2 Å². The quantitative estimate of drug-likeness (QED) is 0.683. The van der Waals surface area contributed by atoms with E-state index in [-0.39, 0.29) is 30.1 Å². The molecule has 11 heteroatoms. The monoisotopic (exact) mass is 429 g/mol. The summed E-state index contributed by atoms with van der Waals surface area (Å²) in [5.41, 5.74) is -0.214. The number of fused-ring (bicyclic) bond motifs is 1. The van der Waals surface area contributed by atoms with E-state index in [1.54, 1.807) is 11.0 Å². The second-order valence-corrected chi connectivity index (χ2v) is 7.46. The van der Waals surface area contributed by atoms with Crippen molar-refractivity contribution in [2.24, 2.45) is 0 Å². The van der Waals surface area contributed by atoms with Gasteiger partial charge in [0.2, 0.25) is 5.95 Å². The molecule has 156 valence electrons. The largest absolute Gasteiger partial charge is 0.409 e. The van der Waals surface area contributed by atoms with Crippen LogP contribution in [0.5, 0.6) is 0 Å². The molecule has 4 heterocycles. The molecule has 0 saturated carbocycles. The molecule has 0 aliphatic carbocycles. The summed E-state index contributed by atoms with van der Waals surface area (Å²) < 4.78 is 47.1. The van der Waals surface area contributed by atoms with Crippen molar-refractivity contribution in [1.29, 1.82) is 0 Å². The highest BCUT2D eigenvalue weighted by Gasteiger charge is 2.46. The number of pyridine rings is 1. The van der Waals surface area contributed by atoms with Gasteiger partial charge in [-0.15, -0.1) is 0 Å². The average molecular weight is 430 g/mol. The normalized spacial score (nSPS) is 22.5. The number of alkyl halides is 3. The van der Waals surface area contributed by atoms with Crippen LogP contribution in [0.25, 0.3) is 0 Å². The summed E-state index contributed by atoms with van der Waals surface area (Å²) in [6.07, 6.45) is -3.37. The molecule has 0 radical (unpaired) electrons. The third-order valence-corrected chi connectivity index (χ3v) is 5.37. The highest BCUT2D eigenvalue weighted by molar-refractivity contribution is 6.29. The Kier molecular flexibility index (Phi) is 5.16. The highest BCUT2D eigenvalue weighted by atomic mass is 35.5. The molecule has 2 unspecified atom stereocenters. The molecular formula is C18H19ClF3N5O2. The van der Waals surface area contributed by atoms with E-state index in [1.165, 1.54) is 18.3 Å². The fraction of sp³-hybridized carbons (Fsp3) is 0.500. The molecule has 2 atom stereocenters. The Hall–Kier alpha value is -2.33. The number of hydrogen-bond acceptors (Lipinski definition) is 6.